The number of nitrogens with zero attached hydrogens (tertiary/aromatic N) is 3. The number of fused-ring (bicyclic) bond motifs is 2. The molecule has 0 bridgehead atoms. The van der Waals surface area contributed by atoms with Crippen molar-refractivity contribution in [3.8, 4) is 5.75 Å². The van der Waals surface area contributed by atoms with Crippen molar-refractivity contribution < 1.29 is 13.2 Å². The van der Waals surface area contributed by atoms with Gasteiger partial charge in [-0.3, -0.25) is 0 Å². The number of nitrogens with one attached hydrogen (secondary N) is 2. The summed E-state index contributed by atoms with van der Waals surface area (Å²) in [5.74, 6) is 0.770. The summed E-state index contributed by atoms with van der Waals surface area (Å²) < 4.78 is 33.6. The number of ether oxygens (including phenoxy) is 1. The molecule has 3 aromatic carbocycles. The van der Waals surface area contributed by atoms with Crippen LogP contribution in [0.2, 0.25) is 0 Å². The first kappa shape index (κ1) is 22.5. The van der Waals surface area contributed by atoms with Crippen molar-refractivity contribution in [2.75, 3.05) is 17.1 Å². The molecule has 0 saturated heterocycles. The van der Waals surface area contributed by atoms with Gasteiger partial charge in [-0.05, 0) is 68.4 Å². The van der Waals surface area contributed by atoms with Crippen molar-refractivity contribution in [3.05, 3.63) is 84.2 Å². The van der Waals surface area contributed by atoms with Crippen LogP contribution in [0.5, 0.6) is 5.75 Å². The zero-order chi connectivity index (χ0) is 24.6. The molecular formula is C26H23N5O3S. The quantitative estimate of drug-likeness (QED) is 0.312. The van der Waals surface area contributed by atoms with Crippen LogP contribution in [0.1, 0.15) is 11.4 Å². The van der Waals surface area contributed by atoms with Gasteiger partial charge in [0, 0.05) is 27.8 Å². The van der Waals surface area contributed by atoms with E-state index in [0.717, 1.165) is 38.9 Å². The van der Waals surface area contributed by atoms with Crippen LogP contribution in [0.4, 0.5) is 17.3 Å². The first-order valence-electron chi connectivity index (χ1n) is 10.9. The predicted octanol–water partition coefficient (Wildman–Crippen LogP) is 5.35. The zero-order valence-corrected chi connectivity index (χ0v) is 20.2. The third-order valence-electron chi connectivity index (χ3n) is 5.53. The van der Waals surface area contributed by atoms with Crippen molar-refractivity contribution in [1.29, 1.82) is 0 Å². The van der Waals surface area contributed by atoms with Crippen LogP contribution < -0.4 is 14.8 Å². The van der Waals surface area contributed by atoms with Gasteiger partial charge < -0.3 is 10.1 Å². The van der Waals surface area contributed by atoms with Gasteiger partial charge in [0.15, 0.2) is 0 Å². The van der Waals surface area contributed by atoms with Crippen LogP contribution in [-0.4, -0.2) is 30.5 Å². The Hall–Kier alpha value is -4.24. The lowest BCUT2D eigenvalue weighted by molar-refractivity contribution is 0.415. The molecule has 5 aromatic rings. The van der Waals surface area contributed by atoms with Gasteiger partial charge >= 0.3 is 0 Å². The fourth-order valence-electron chi connectivity index (χ4n) is 3.94. The van der Waals surface area contributed by atoms with Crippen LogP contribution in [0, 0.1) is 13.8 Å². The van der Waals surface area contributed by atoms with Gasteiger partial charge in [0.1, 0.15) is 5.75 Å². The van der Waals surface area contributed by atoms with Gasteiger partial charge in [0.05, 0.1) is 28.7 Å². The molecule has 0 atom stereocenters. The number of hydrogen-bond acceptors (Lipinski definition) is 7. The first-order chi connectivity index (χ1) is 16.8. The third-order valence-corrected chi connectivity index (χ3v) is 6.87. The second-order valence-corrected chi connectivity index (χ2v) is 9.80. The molecule has 2 aromatic heterocycles. The summed E-state index contributed by atoms with van der Waals surface area (Å²) in [6.07, 6.45) is 0. The summed E-state index contributed by atoms with van der Waals surface area (Å²) in [5, 5.41) is 5.29. The molecule has 0 aliphatic carbocycles. The Morgan fingerprint density at radius 3 is 2.17 bits per heavy atom. The average molecular weight is 486 g/mol. The van der Waals surface area contributed by atoms with Crippen LogP contribution >= 0.6 is 0 Å². The molecule has 2 N–H and O–H groups in total. The minimum absolute atomic E-state index is 0.0494. The molecular weight excluding hydrogens is 462 g/mol. The summed E-state index contributed by atoms with van der Waals surface area (Å²) in [6, 6.07) is 21.9. The maximum Gasteiger partial charge on any atom is 0.264 e. The Labute approximate surface area is 203 Å². The Morgan fingerprint density at radius 2 is 1.46 bits per heavy atom. The van der Waals surface area contributed by atoms with Gasteiger partial charge in [0.2, 0.25) is 5.95 Å². The Morgan fingerprint density at radius 1 is 0.771 bits per heavy atom. The number of rotatable bonds is 6. The number of aromatic nitrogens is 3. The van der Waals surface area contributed by atoms with Gasteiger partial charge in [-0.2, -0.15) is 0 Å². The van der Waals surface area contributed by atoms with E-state index in [1.54, 1.807) is 51.3 Å². The maximum atomic E-state index is 12.9. The molecule has 9 heteroatoms. The average Bonchev–Trinajstić information content (AvgIpc) is 2.83. The molecule has 0 aliphatic rings. The molecule has 35 heavy (non-hydrogen) atoms. The molecule has 8 nitrogen and oxygen atoms in total. The lowest BCUT2D eigenvalue weighted by Gasteiger charge is -2.15. The number of sulfonamides is 1. The monoisotopic (exact) mass is 485 g/mol. The van der Waals surface area contributed by atoms with E-state index in [0.29, 0.717) is 11.4 Å². The molecule has 0 spiro atoms. The van der Waals surface area contributed by atoms with Gasteiger partial charge in [0.25, 0.3) is 10.0 Å². The number of methoxy groups -OCH3 is 1. The number of hydrogen-bond donors (Lipinski definition) is 2. The van der Waals surface area contributed by atoms with Gasteiger partial charge in [-0.15, -0.1) is 0 Å². The molecule has 2 heterocycles. The molecule has 176 valence electrons. The van der Waals surface area contributed by atoms with E-state index in [-0.39, 0.29) is 10.8 Å². The second-order valence-electron chi connectivity index (χ2n) is 8.12. The highest BCUT2D eigenvalue weighted by Crippen LogP contribution is 2.35. The van der Waals surface area contributed by atoms with Gasteiger partial charge in [-0.1, -0.05) is 18.2 Å². The summed E-state index contributed by atoms with van der Waals surface area (Å²) in [4.78, 5) is 13.2. The minimum Gasteiger partial charge on any atom is -0.497 e. The first-order valence-corrected chi connectivity index (χ1v) is 12.4. The summed E-state index contributed by atoms with van der Waals surface area (Å²) in [5.41, 5.74) is 4.63. The molecule has 5 rings (SSSR count). The fourth-order valence-corrected chi connectivity index (χ4v) is 4.89. The summed E-state index contributed by atoms with van der Waals surface area (Å²) in [7, 11) is -2.22. The van der Waals surface area contributed by atoms with E-state index in [1.165, 1.54) is 0 Å². The largest absolute Gasteiger partial charge is 0.497 e. The highest BCUT2D eigenvalue weighted by atomic mass is 32.2. The van der Waals surface area contributed by atoms with Crippen LogP contribution in [0.15, 0.2) is 77.7 Å². The van der Waals surface area contributed by atoms with Crippen molar-refractivity contribution >= 4 is 49.2 Å². The highest BCUT2D eigenvalue weighted by molar-refractivity contribution is 7.92. The predicted molar refractivity (Wildman–Crippen MR) is 138 cm³/mol. The Bertz CT molecular complexity index is 1650. The lowest BCUT2D eigenvalue weighted by Crippen LogP contribution is -2.15. The van der Waals surface area contributed by atoms with E-state index in [1.807, 2.05) is 42.5 Å². The second kappa shape index (κ2) is 8.84. The van der Waals surface area contributed by atoms with Crippen molar-refractivity contribution in [1.82, 2.24) is 15.0 Å². The normalized spacial score (nSPS) is 11.5. The number of para-hydroxylation sites is 1. The summed E-state index contributed by atoms with van der Waals surface area (Å²) >= 11 is 0. The zero-order valence-electron chi connectivity index (χ0n) is 19.4. The molecule has 0 saturated carbocycles. The molecule has 0 unspecified atom stereocenters. The van der Waals surface area contributed by atoms with Crippen molar-refractivity contribution in [3.63, 3.8) is 0 Å². The maximum absolute atomic E-state index is 12.9. The Kier molecular flexibility index (Phi) is 5.70. The number of pyridine rings is 1. The standard InChI is InChI=1S/C26H23N5O3S/c1-16-14-17(2)28-26(27-16)31-35(32,33)20-11-8-18(9-12-20)29-25-21-6-4-5-7-23(21)30-24-13-10-19(34-3)15-22(24)25/h4-15H,1-3H3,(H,29,30)(H,27,28,31). The van der Waals surface area contributed by atoms with E-state index < -0.39 is 10.0 Å². The van der Waals surface area contributed by atoms with Crippen LogP contribution in [0.25, 0.3) is 21.8 Å². The Balaban J connectivity index is 1.50. The molecule has 0 radical (unpaired) electrons. The number of aryl methyl sites for hydroxylation is 2. The van der Waals surface area contributed by atoms with E-state index in [2.05, 4.69) is 20.0 Å². The van der Waals surface area contributed by atoms with Crippen LogP contribution in [-0.2, 0) is 10.0 Å². The SMILES string of the molecule is COc1ccc2nc3ccccc3c(Nc3ccc(S(=O)(=O)Nc4nc(C)cc(C)n4)cc3)c2c1. The molecule has 0 aliphatic heterocycles. The minimum atomic E-state index is -3.84. The van der Waals surface area contributed by atoms with Crippen molar-refractivity contribution in [2.24, 2.45) is 0 Å². The van der Waals surface area contributed by atoms with E-state index in [9.17, 15) is 8.42 Å². The molecule has 0 fully saturated rings. The highest BCUT2D eigenvalue weighted by Gasteiger charge is 2.17. The summed E-state index contributed by atoms with van der Waals surface area (Å²) in [6.45, 7) is 3.57. The van der Waals surface area contributed by atoms with E-state index in [4.69, 9.17) is 9.72 Å². The third kappa shape index (κ3) is 4.58. The van der Waals surface area contributed by atoms with Crippen LogP contribution in [0.3, 0.4) is 0 Å². The number of anilines is 3. The lowest BCUT2D eigenvalue weighted by atomic mass is 10.1. The smallest absolute Gasteiger partial charge is 0.264 e. The van der Waals surface area contributed by atoms with E-state index >= 15 is 0 Å². The topological polar surface area (TPSA) is 106 Å². The van der Waals surface area contributed by atoms with Crippen molar-refractivity contribution in [2.45, 2.75) is 18.7 Å². The van der Waals surface area contributed by atoms with Gasteiger partial charge in [-0.25, -0.2) is 28.1 Å². The fraction of sp³-hybridized carbons (Fsp3) is 0.115. The molecule has 0 amide bonds. The number of benzene rings is 3.